The molecular formula is C16H21N5O2. The Labute approximate surface area is 134 Å². The highest BCUT2D eigenvalue weighted by Crippen LogP contribution is 2.36. The minimum absolute atomic E-state index is 0.171. The van der Waals surface area contributed by atoms with Gasteiger partial charge in [-0.2, -0.15) is 5.10 Å². The number of fused-ring (bicyclic) bond motifs is 1. The van der Waals surface area contributed by atoms with Crippen LogP contribution in [0.15, 0.2) is 18.3 Å². The maximum atomic E-state index is 11.1. The summed E-state index contributed by atoms with van der Waals surface area (Å²) in [6, 6.07) is 4.53. The minimum atomic E-state index is -0.324. The second-order valence-corrected chi connectivity index (χ2v) is 6.63. The summed E-state index contributed by atoms with van der Waals surface area (Å²) in [5.41, 5.74) is 1.68. The molecule has 1 aromatic carbocycles. The molecule has 0 bridgehead atoms. The van der Waals surface area contributed by atoms with Gasteiger partial charge in [0.15, 0.2) is 0 Å². The summed E-state index contributed by atoms with van der Waals surface area (Å²) in [6.45, 7) is 6.18. The van der Waals surface area contributed by atoms with Crippen LogP contribution in [-0.4, -0.2) is 51.8 Å². The van der Waals surface area contributed by atoms with Crippen molar-refractivity contribution in [1.29, 1.82) is 0 Å². The first-order chi connectivity index (χ1) is 11.1. The molecule has 2 fully saturated rings. The number of hydrogen-bond acceptors (Lipinski definition) is 5. The maximum Gasteiger partial charge on any atom is 0.273 e. The van der Waals surface area contributed by atoms with E-state index in [1.807, 2.05) is 16.9 Å². The second-order valence-electron chi connectivity index (χ2n) is 6.63. The lowest BCUT2D eigenvalue weighted by atomic mass is 9.85. The molecule has 2 aromatic rings. The van der Waals surface area contributed by atoms with Crippen molar-refractivity contribution >= 4 is 16.6 Å². The van der Waals surface area contributed by atoms with Crippen LogP contribution >= 0.6 is 0 Å². The summed E-state index contributed by atoms with van der Waals surface area (Å²) < 4.78 is 2.01. The van der Waals surface area contributed by atoms with Gasteiger partial charge in [0.2, 0.25) is 0 Å². The van der Waals surface area contributed by atoms with Crippen LogP contribution in [0.1, 0.15) is 24.4 Å². The summed E-state index contributed by atoms with van der Waals surface area (Å²) in [5.74, 6) is 0. The van der Waals surface area contributed by atoms with Crippen LogP contribution in [0.4, 0.5) is 5.69 Å². The molecule has 0 atom stereocenters. The Bertz CT molecular complexity index is 744. The second kappa shape index (κ2) is 5.58. The van der Waals surface area contributed by atoms with Gasteiger partial charge in [-0.3, -0.25) is 19.7 Å². The molecule has 0 spiro atoms. The number of piperazine rings is 1. The highest BCUT2D eigenvalue weighted by atomic mass is 16.6. The first-order valence-electron chi connectivity index (χ1n) is 8.20. The number of benzene rings is 1. The molecule has 23 heavy (non-hydrogen) atoms. The molecule has 2 heterocycles. The topological polar surface area (TPSA) is 76.2 Å². The molecule has 1 N–H and O–H groups in total. The molecule has 2 aliphatic rings. The number of aryl methyl sites for hydroxylation is 1. The zero-order valence-electron chi connectivity index (χ0n) is 13.2. The van der Waals surface area contributed by atoms with Crippen LogP contribution < -0.4 is 5.32 Å². The van der Waals surface area contributed by atoms with Crippen LogP contribution in [0.3, 0.4) is 0 Å². The van der Waals surface area contributed by atoms with Gasteiger partial charge in [0.1, 0.15) is 0 Å². The fourth-order valence-electron chi connectivity index (χ4n) is 3.69. The van der Waals surface area contributed by atoms with E-state index in [0.29, 0.717) is 17.6 Å². The highest BCUT2D eigenvalue weighted by molar-refractivity contribution is 5.82. The predicted molar refractivity (Wildman–Crippen MR) is 87.6 cm³/mol. The monoisotopic (exact) mass is 315 g/mol. The largest absolute Gasteiger partial charge is 0.314 e. The van der Waals surface area contributed by atoms with Gasteiger partial charge in [-0.25, -0.2) is 0 Å². The van der Waals surface area contributed by atoms with Gasteiger partial charge in [0.05, 0.1) is 16.5 Å². The van der Waals surface area contributed by atoms with Crippen molar-refractivity contribution in [3.8, 4) is 0 Å². The summed E-state index contributed by atoms with van der Waals surface area (Å²) in [6.07, 6.45) is 4.20. The SMILES string of the molecule is Cc1cc2nn(C3CC(N4CCNCC4)C3)cc2cc1[N+](=O)[O-]. The standard InChI is InChI=1S/C16H21N5O2/c1-11-6-15-12(7-16(11)21(22)23)10-20(18-15)14-8-13(9-14)19-4-2-17-3-5-19/h6-7,10,13-14,17H,2-5,8-9H2,1H3. The van der Waals surface area contributed by atoms with E-state index in [-0.39, 0.29) is 10.6 Å². The van der Waals surface area contributed by atoms with E-state index >= 15 is 0 Å². The van der Waals surface area contributed by atoms with Gasteiger partial charge in [0, 0.05) is 55.4 Å². The van der Waals surface area contributed by atoms with Crippen LogP contribution in [0, 0.1) is 17.0 Å². The van der Waals surface area contributed by atoms with E-state index < -0.39 is 0 Å². The number of hydrogen-bond donors (Lipinski definition) is 1. The first kappa shape index (κ1) is 14.6. The number of nitrogens with one attached hydrogen (secondary N) is 1. The number of rotatable bonds is 3. The Morgan fingerprint density at radius 3 is 2.70 bits per heavy atom. The molecule has 1 saturated carbocycles. The molecule has 7 nitrogen and oxygen atoms in total. The lowest BCUT2D eigenvalue weighted by molar-refractivity contribution is -0.385. The Hall–Kier alpha value is -1.99. The third-order valence-electron chi connectivity index (χ3n) is 5.17. The zero-order valence-corrected chi connectivity index (χ0v) is 13.2. The number of nitro benzene ring substituents is 1. The quantitative estimate of drug-likeness (QED) is 0.691. The predicted octanol–water partition coefficient (Wildman–Crippen LogP) is 1.86. The number of nitro groups is 1. The van der Waals surface area contributed by atoms with Crippen molar-refractivity contribution in [2.45, 2.75) is 31.8 Å². The normalized spacial score (nSPS) is 25.4. The fraction of sp³-hybridized carbons (Fsp3) is 0.562. The Morgan fingerprint density at radius 1 is 1.26 bits per heavy atom. The molecule has 1 aromatic heterocycles. The molecule has 7 heteroatoms. The summed E-state index contributed by atoms with van der Waals surface area (Å²) >= 11 is 0. The van der Waals surface area contributed by atoms with E-state index in [1.54, 1.807) is 13.0 Å². The Kier molecular flexibility index (Phi) is 3.54. The van der Waals surface area contributed by atoms with Crippen LogP contribution in [0.25, 0.3) is 10.9 Å². The lowest BCUT2D eigenvalue weighted by Crippen LogP contribution is -2.53. The zero-order chi connectivity index (χ0) is 16.0. The Morgan fingerprint density at radius 2 is 2.00 bits per heavy atom. The molecule has 122 valence electrons. The van der Waals surface area contributed by atoms with Gasteiger partial charge in [-0.1, -0.05) is 0 Å². The average Bonchev–Trinajstić information content (AvgIpc) is 2.88. The molecule has 4 rings (SSSR count). The van der Waals surface area contributed by atoms with Crippen molar-refractivity contribution in [2.24, 2.45) is 0 Å². The van der Waals surface area contributed by atoms with Gasteiger partial charge in [-0.15, -0.1) is 0 Å². The van der Waals surface area contributed by atoms with E-state index in [2.05, 4.69) is 15.3 Å². The molecule has 1 aliphatic heterocycles. The summed E-state index contributed by atoms with van der Waals surface area (Å²) in [5, 5.41) is 19.9. The minimum Gasteiger partial charge on any atom is -0.314 e. The van der Waals surface area contributed by atoms with Crippen molar-refractivity contribution in [3.05, 3.63) is 34.0 Å². The first-order valence-corrected chi connectivity index (χ1v) is 8.20. The van der Waals surface area contributed by atoms with E-state index in [1.165, 1.54) is 0 Å². The number of aromatic nitrogens is 2. The van der Waals surface area contributed by atoms with Gasteiger partial charge in [-0.05, 0) is 25.8 Å². The van der Waals surface area contributed by atoms with Gasteiger partial charge < -0.3 is 5.32 Å². The fourth-order valence-corrected chi connectivity index (χ4v) is 3.69. The van der Waals surface area contributed by atoms with Crippen LogP contribution in [0.5, 0.6) is 0 Å². The third kappa shape index (κ3) is 2.60. The van der Waals surface area contributed by atoms with Gasteiger partial charge in [0.25, 0.3) is 5.69 Å². The average molecular weight is 315 g/mol. The van der Waals surface area contributed by atoms with Crippen molar-refractivity contribution in [1.82, 2.24) is 20.0 Å². The van der Waals surface area contributed by atoms with E-state index in [0.717, 1.165) is 49.9 Å². The molecule has 1 aliphatic carbocycles. The highest BCUT2D eigenvalue weighted by Gasteiger charge is 2.35. The summed E-state index contributed by atoms with van der Waals surface area (Å²) in [7, 11) is 0. The number of nitrogens with zero attached hydrogens (tertiary/aromatic N) is 4. The van der Waals surface area contributed by atoms with E-state index in [9.17, 15) is 10.1 Å². The molecule has 0 radical (unpaired) electrons. The van der Waals surface area contributed by atoms with Crippen molar-refractivity contribution < 1.29 is 4.92 Å². The lowest BCUT2D eigenvalue weighted by Gasteiger charge is -2.44. The third-order valence-corrected chi connectivity index (χ3v) is 5.17. The molecule has 0 amide bonds. The van der Waals surface area contributed by atoms with E-state index in [4.69, 9.17) is 0 Å². The summed E-state index contributed by atoms with van der Waals surface area (Å²) in [4.78, 5) is 13.3. The smallest absolute Gasteiger partial charge is 0.273 e. The van der Waals surface area contributed by atoms with Crippen molar-refractivity contribution in [2.75, 3.05) is 26.2 Å². The van der Waals surface area contributed by atoms with Crippen LogP contribution in [0.2, 0.25) is 0 Å². The molecular weight excluding hydrogens is 294 g/mol. The molecule has 1 saturated heterocycles. The Balaban J connectivity index is 1.51. The van der Waals surface area contributed by atoms with Gasteiger partial charge >= 0.3 is 0 Å². The van der Waals surface area contributed by atoms with Crippen LogP contribution in [-0.2, 0) is 0 Å². The maximum absolute atomic E-state index is 11.1. The van der Waals surface area contributed by atoms with Crippen molar-refractivity contribution in [3.63, 3.8) is 0 Å². The molecule has 0 unspecified atom stereocenters.